The van der Waals surface area contributed by atoms with E-state index in [1.807, 2.05) is 42.5 Å². The summed E-state index contributed by atoms with van der Waals surface area (Å²) in [6.07, 6.45) is 1.36. The van der Waals surface area contributed by atoms with Crippen LogP contribution in [0.25, 0.3) is 22.2 Å². The van der Waals surface area contributed by atoms with Crippen LogP contribution in [0, 0.1) is 5.92 Å². The number of nitrogens with one attached hydrogen (secondary N) is 1. The van der Waals surface area contributed by atoms with Gasteiger partial charge in [-0.3, -0.25) is 0 Å². The molecular formula is C31H34N2O6. The van der Waals surface area contributed by atoms with Gasteiger partial charge in [-0.05, 0) is 73.8 Å². The number of carboxylic acid groups (broad SMARTS) is 1. The van der Waals surface area contributed by atoms with Gasteiger partial charge >= 0.3 is 5.97 Å². The van der Waals surface area contributed by atoms with Crippen molar-refractivity contribution in [3.63, 3.8) is 0 Å². The number of aliphatic hydroxyl groups is 2. The highest BCUT2D eigenvalue weighted by molar-refractivity contribution is 5.98. The summed E-state index contributed by atoms with van der Waals surface area (Å²) < 4.78 is 12.0. The van der Waals surface area contributed by atoms with E-state index in [4.69, 9.17) is 9.47 Å². The molecule has 39 heavy (non-hydrogen) atoms. The maximum atomic E-state index is 11.7. The van der Waals surface area contributed by atoms with Crippen molar-refractivity contribution in [2.75, 3.05) is 32.8 Å². The van der Waals surface area contributed by atoms with E-state index < -0.39 is 12.1 Å². The molecule has 0 radical (unpaired) electrons. The minimum atomic E-state index is -1.01. The van der Waals surface area contributed by atoms with Gasteiger partial charge in [0.2, 0.25) is 0 Å². The molecule has 4 aromatic rings. The Bertz CT molecular complexity index is 1390. The third-order valence-electron chi connectivity index (χ3n) is 7.23. The topological polar surface area (TPSA) is 115 Å². The van der Waals surface area contributed by atoms with Gasteiger partial charge in [0.05, 0.1) is 18.8 Å². The SMILES string of the molecule is O=C(O)c1ccccc1-c1cc2c(OCC(O)CN3CCC(COc4ccccc4)CC3)cc(CO)cc2[nH]1. The van der Waals surface area contributed by atoms with Crippen molar-refractivity contribution in [3.8, 4) is 22.8 Å². The first-order valence-electron chi connectivity index (χ1n) is 13.3. The molecule has 4 N–H and O–H groups in total. The zero-order valence-electron chi connectivity index (χ0n) is 21.8. The van der Waals surface area contributed by atoms with Gasteiger partial charge in [-0.1, -0.05) is 36.4 Å². The van der Waals surface area contributed by atoms with Crippen LogP contribution >= 0.6 is 0 Å². The number of carbonyl (C=O) groups is 1. The van der Waals surface area contributed by atoms with Gasteiger partial charge in [-0.25, -0.2) is 4.79 Å². The molecule has 1 aliphatic rings. The fourth-order valence-corrected chi connectivity index (χ4v) is 5.12. The number of H-pyrrole nitrogens is 1. The number of nitrogens with zero attached hydrogens (tertiary/aromatic N) is 1. The molecule has 1 aromatic heterocycles. The molecule has 0 saturated carbocycles. The summed E-state index contributed by atoms with van der Waals surface area (Å²) in [6, 6.07) is 22.1. The monoisotopic (exact) mass is 530 g/mol. The van der Waals surface area contributed by atoms with Gasteiger partial charge in [0.1, 0.15) is 24.2 Å². The van der Waals surface area contributed by atoms with E-state index in [2.05, 4.69) is 9.88 Å². The number of ether oxygens (including phenoxy) is 2. The fraction of sp³-hybridized carbons (Fsp3) is 0.323. The van der Waals surface area contributed by atoms with E-state index >= 15 is 0 Å². The van der Waals surface area contributed by atoms with E-state index in [9.17, 15) is 20.1 Å². The molecule has 8 heteroatoms. The summed E-state index contributed by atoms with van der Waals surface area (Å²) in [7, 11) is 0. The lowest BCUT2D eigenvalue weighted by Crippen LogP contribution is -2.41. The van der Waals surface area contributed by atoms with Crippen LogP contribution in [-0.4, -0.2) is 70.1 Å². The third-order valence-corrected chi connectivity index (χ3v) is 7.23. The lowest BCUT2D eigenvalue weighted by molar-refractivity contribution is 0.0506. The Labute approximate surface area is 227 Å². The summed E-state index contributed by atoms with van der Waals surface area (Å²) >= 11 is 0. The van der Waals surface area contributed by atoms with Gasteiger partial charge in [0, 0.05) is 28.7 Å². The number of hydrogen-bond acceptors (Lipinski definition) is 6. The summed E-state index contributed by atoms with van der Waals surface area (Å²) in [5.41, 5.74) is 2.78. The zero-order valence-corrected chi connectivity index (χ0v) is 21.8. The Morgan fingerprint density at radius 1 is 1.00 bits per heavy atom. The lowest BCUT2D eigenvalue weighted by Gasteiger charge is -2.33. The molecular weight excluding hydrogens is 496 g/mol. The van der Waals surface area contributed by atoms with Crippen molar-refractivity contribution >= 4 is 16.9 Å². The number of hydrogen-bond donors (Lipinski definition) is 4. The first kappa shape index (κ1) is 26.7. The molecule has 2 heterocycles. The number of aromatic amines is 1. The molecule has 5 rings (SSSR count). The molecule has 1 aliphatic heterocycles. The number of benzene rings is 3. The minimum absolute atomic E-state index is 0.104. The van der Waals surface area contributed by atoms with E-state index in [-0.39, 0.29) is 18.8 Å². The van der Waals surface area contributed by atoms with Crippen LogP contribution in [0.5, 0.6) is 11.5 Å². The molecule has 1 atom stereocenters. The van der Waals surface area contributed by atoms with E-state index in [0.717, 1.165) is 42.6 Å². The first-order valence-corrected chi connectivity index (χ1v) is 13.3. The molecule has 8 nitrogen and oxygen atoms in total. The highest BCUT2D eigenvalue weighted by atomic mass is 16.5. The van der Waals surface area contributed by atoms with Crippen molar-refractivity contribution in [1.82, 2.24) is 9.88 Å². The minimum Gasteiger partial charge on any atom is -0.493 e. The van der Waals surface area contributed by atoms with Crippen LogP contribution < -0.4 is 9.47 Å². The van der Waals surface area contributed by atoms with Crippen molar-refractivity contribution < 1.29 is 29.6 Å². The van der Waals surface area contributed by atoms with Crippen molar-refractivity contribution in [2.45, 2.75) is 25.6 Å². The number of aromatic nitrogens is 1. The van der Waals surface area contributed by atoms with Gasteiger partial charge in [0.15, 0.2) is 0 Å². The van der Waals surface area contributed by atoms with Crippen LogP contribution in [0.4, 0.5) is 0 Å². The smallest absolute Gasteiger partial charge is 0.336 e. The molecule has 3 aromatic carbocycles. The molecule has 204 valence electrons. The van der Waals surface area contributed by atoms with Gasteiger partial charge in [0.25, 0.3) is 0 Å². The standard InChI is InChI=1S/C31H34N2O6/c34-18-22-14-28-27(16-29(32-28)25-8-4-5-9-26(25)31(36)37)30(15-22)39-20-23(35)17-33-12-10-21(11-13-33)19-38-24-6-2-1-3-7-24/h1-9,14-16,21,23,32,34-35H,10-13,17-20H2,(H,36,37). The number of piperidine rings is 1. The van der Waals surface area contributed by atoms with Crippen LogP contribution in [-0.2, 0) is 6.61 Å². The van der Waals surface area contributed by atoms with E-state index in [1.165, 1.54) is 0 Å². The van der Waals surface area contributed by atoms with Crippen molar-refractivity contribution in [2.24, 2.45) is 5.92 Å². The lowest BCUT2D eigenvalue weighted by atomic mass is 9.97. The average Bonchev–Trinajstić information content (AvgIpc) is 3.40. The highest BCUT2D eigenvalue weighted by Gasteiger charge is 2.22. The van der Waals surface area contributed by atoms with Crippen LogP contribution in [0.15, 0.2) is 72.8 Å². The van der Waals surface area contributed by atoms with E-state index in [0.29, 0.717) is 41.6 Å². The van der Waals surface area contributed by atoms with Crippen molar-refractivity contribution in [1.29, 1.82) is 0 Å². The largest absolute Gasteiger partial charge is 0.493 e. The Morgan fingerprint density at radius 3 is 2.49 bits per heavy atom. The summed E-state index contributed by atoms with van der Waals surface area (Å²) in [4.78, 5) is 17.2. The van der Waals surface area contributed by atoms with Crippen molar-refractivity contribution in [3.05, 3.63) is 83.9 Å². The van der Waals surface area contributed by atoms with Gasteiger partial charge in [-0.15, -0.1) is 0 Å². The fourth-order valence-electron chi connectivity index (χ4n) is 5.12. The second-order valence-electron chi connectivity index (χ2n) is 10.1. The van der Waals surface area contributed by atoms with Gasteiger partial charge in [-0.2, -0.15) is 0 Å². The molecule has 1 unspecified atom stereocenters. The van der Waals surface area contributed by atoms with Gasteiger partial charge < -0.3 is 34.7 Å². The molecule has 0 amide bonds. The zero-order chi connectivity index (χ0) is 27.2. The number of rotatable bonds is 11. The van der Waals surface area contributed by atoms with Crippen LogP contribution in [0.1, 0.15) is 28.8 Å². The number of para-hydroxylation sites is 1. The molecule has 0 spiro atoms. The quantitative estimate of drug-likeness (QED) is 0.225. The predicted octanol–water partition coefficient (Wildman–Crippen LogP) is 4.56. The molecule has 0 bridgehead atoms. The average molecular weight is 531 g/mol. The number of β-amino-alcohol motifs (C(OH)–C–C–N with tert-alkyl or cyclic N) is 1. The third kappa shape index (κ3) is 6.60. The number of fused-ring (bicyclic) bond motifs is 1. The highest BCUT2D eigenvalue weighted by Crippen LogP contribution is 2.33. The second-order valence-corrected chi connectivity index (χ2v) is 10.1. The molecule has 1 fully saturated rings. The first-order chi connectivity index (χ1) is 19.0. The normalized spacial score (nSPS) is 15.3. The maximum Gasteiger partial charge on any atom is 0.336 e. The van der Waals surface area contributed by atoms with Crippen LogP contribution in [0.2, 0.25) is 0 Å². The van der Waals surface area contributed by atoms with Crippen LogP contribution in [0.3, 0.4) is 0 Å². The summed E-state index contributed by atoms with van der Waals surface area (Å²) in [5.74, 6) is 0.918. The molecule has 1 saturated heterocycles. The summed E-state index contributed by atoms with van der Waals surface area (Å²) in [6.45, 7) is 2.95. The number of aliphatic hydroxyl groups excluding tert-OH is 2. The number of likely N-dealkylation sites (tertiary alicyclic amines) is 1. The predicted molar refractivity (Wildman–Crippen MR) is 149 cm³/mol. The Kier molecular flexibility index (Phi) is 8.46. The second kappa shape index (κ2) is 12.3. The summed E-state index contributed by atoms with van der Waals surface area (Å²) in [5, 5.41) is 30.9. The maximum absolute atomic E-state index is 11.7. The van der Waals surface area contributed by atoms with E-state index in [1.54, 1.807) is 30.3 Å². The Morgan fingerprint density at radius 2 is 1.74 bits per heavy atom. The molecule has 0 aliphatic carbocycles. The Hall–Kier alpha value is -3.85. The number of carboxylic acids is 1. The Balaban J connectivity index is 1.19. The number of aromatic carboxylic acids is 1.